The van der Waals surface area contributed by atoms with Crippen LogP contribution in [0, 0.1) is 0 Å². The summed E-state index contributed by atoms with van der Waals surface area (Å²) in [6, 6.07) is 15.2. The summed E-state index contributed by atoms with van der Waals surface area (Å²) in [5.41, 5.74) is 1.03. The van der Waals surface area contributed by atoms with E-state index in [-0.39, 0.29) is 0 Å². The summed E-state index contributed by atoms with van der Waals surface area (Å²) in [7, 11) is 3.29. The van der Waals surface area contributed by atoms with Crippen LogP contribution < -0.4 is 24.8 Å². The Morgan fingerprint density at radius 1 is 0.893 bits per heavy atom. The topological polar surface area (TPSA) is 90.4 Å². The maximum absolute atomic E-state index is 5.66. The second kappa shape index (κ2) is 9.96. The number of hydrogen-bond donors (Lipinski definition) is 2. The van der Waals surface area contributed by atoms with Crippen molar-refractivity contribution in [3.63, 3.8) is 0 Å². The van der Waals surface area contributed by atoms with Gasteiger partial charge in [0.1, 0.15) is 23.9 Å². The summed E-state index contributed by atoms with van der Waals surface area (Å²) in [5.74, 6) is 3.45. The average Bonchev–Trinajstić information content (AvgIpc) is 2.76. The van der Waals surface area contributed by atoms with E-state index in [1.807, 2.05) is 48.5 Å². The van der Waals surface area contributed by atoms with Gasteiger partial charge in [0.25, 0.3) is 0 Å². The zero-order valence-corrected chi connectivity index (χ0v) is 15.9. The first-order valence-electron chi connectivity index (χ1n) is 8.84. The van der Waals surface area contributed by atoms with Crippen molar-refractivity contribution >= 4 is 11.8 Å². The van der Waals surface area contributed by atoms with Gasteiger partial charge in [-0.1, -0.05) is 18.2 Å². The summed E-state index contributed by atoms with van der Waals surface area (Å²) in [4.78, 5) is 4.40. The van der Waals surface area contributed by atoms with Crippen LogP contribution in [0.3, 0.4) is 0 Å². The number of para-hydroxylation sites is 1. The Bertz CT molecular complexity index is 874. The Morgan fingerprint density at radius 2 is 1.68 bits per heavy atom. The van der Waals surface area contributed by atoms with E-state index < -0.39 is 0 Å². The molecule has 0 aliphatic heterocycles. The van der Waals surface area contributed by atoms with Crippen molar-refractivity contribution in [2.75, 3.05) is 38.0 Å². The number of rotatable bonds is 10. The van der Waals surface area contributed by atoms with Crippen LogP contribution in [0.4, 0.5) is 11.8 Å². The molecule has 0 saturated carbocycles. The van der Waals surface area contributed by atoms with Gasteiger partial charge in [-0.25, -0.2) is 0 Å². The van der Waals surface area contributed by atoms with Crippen LogP contribution in [0.2, 0.25) is 0 Å². The molecular formula is C20H23N5O3. The van der Waals surface area contributed by atoms with Crippen molar-refractivity contribution in [3.8, 4) is 17.2 Å². The normalized spacial score (nSPS) is 10.2. The minimum Gasteiger partial charge on any atom is -0.497 e. The number of nitrogens with one attached hydrogen (secondary N) is 2. The molecule has 8 heteroatoms. The highest BCUT2D eigenvalue weighted by Gasteiger charge is 2.04. The number of aromatic nitrogens is 3. The third-order valence-corrected chi connectivity index (χ3v) is 3.92. The number of ether oxygens (including phenoxy) is 3. The predicted octanol–water partition coefficient (Wildman–Crippen LogP) is 2.99. The van der Waals surface area contributed by atoms with Gasteiger partial charge in [0.15, 0.2) is 5.82 Å². The summed E-state index contributed by atoms with van der Waals surface area (Å²) in [5, 5.41) is 14.3. The van der Waals surface area contributed by atoms with Gasteiger partial charge in [-0.15, -0.1) is 5.10 Å². The fourth-order valence-corrected chi connectivity index (χ4v) is 2.50. The monoisotopic (exact) mass is 381 g/mol. The molecule has 0 unspecified atom stereocenters. The van der Waals surface area contributed by atoms with Gasteiger partial charge in [0.2, 0.25) is 5.95 Å². The van der Waals surface area contributed by atoms with Crippen molar-refractivity contribution in [1.82, 2.24) is 15.2 Å². The first-order valence-corrected chi connectivity index (χ1v) is 8.84. The minimum absolute atomic E-state index is 0.434. The minimum atomic E-state index is 0.434. The van der Waals surface area contributed by atoms with Gasteiger partial charge in [0, 0.05) is 12.1 Å². The molecule has 2 N–H and O–H groups in total. The number of benzene rings is 2. The Labute approximate surface area is 163 Å². The van der Waals surface area contributed by atoms with Crippen LogP contribution in [0.5, 0.6) is 17.2 Å². The second-order valence-corrected chi connectivity index (χ2v) is 5.78. The number of nitrogens with zero attached hydrogens (tertiary/aromatic N) is 3. The molecule has 28 heavy (non-hydrogen) atoms. The molecule has 0 amide bonds. The second-order valence-electron chi connectivity index (χ2n) is 5.78. The Kier molecular flexibility index (Phi) is 6.84. The molecule has 0 aliphatic rings. The molecule has 0 atom stereocenters. The van der Waals surface area contributed by atoms with Crippen molar-refractivity contribution in [2.45, 2.75) is 6.54 Å². The molecule has 8 nitrogen and oxygen atoms in total. The van der Waals surface area contributed by atoms with Crippen molar-refractivity contribution in [2.24, 2.45) is 0 Å². The molecule has 1 heterocycles. The Morgan fingerprint density at radius 3 is 2.46 bits per heavy atom. The zero-order chi connectivity index (χ0) is 19.6. The summed E-state index contributed by atoms with van der Waals surface area (Å²) in [6.45, 7) is 1.58. The fourth-order valence-electron chi connectivity index (χ4n) is 2.50. The lowest BCUT2D eigenvalue weighted by molar-refractivity contribution is 0.331. The van der Waals surface area contributed by atoms with E-state index in [1.165, 1.54) is 0 Å². The van der Waals surface area contributed by atoms with Crippen LogP contribution in [-0.4, -0.2) is 42.6 Å². The van der Waals surface area contributed by atoms with Crippen LogP contribution in [0.25, 0.3) is 0 Å². The zero-order valence-electron chi connectivity index (χ0n) is 15.9. The molecule has 1 aromatic heterocycles. The average molecular weight is 381 g/mol. The molecule has 0 fully saturated rings. The highest BCUT2D eigenvalue weighted by Crippen LogP contribution is 2.19. The van der Waals surface area contributed by atoms with Gasteiger partial charge in [-0.05, 0) is 30.3 Å². The quantitative estimate of drug-likeness (QED) is 0.518. The van der Waals surface area contributed by atoms with Crippen LogP contribution >= 0.6 is 0 Å². The van der Waals surface area contributed by atoms with E-state index in [9.17, 15) is 0 Å². The van der Waals surface area contributed by atoms with E-state index in [2.05, 4.69) is 25.8 Å². The molecule has 0 spiro atoms. The van der Waals surface area contributed by atoms with E-state index in [0.717, 1.165) is 22.8 Å². The first kappa shape index (κ1) is 19.2. The van der Waals surface area contributed by atoms with Gasteiger partial charge in [0.05, 0.1) is 27.0 Å². The van der Waals surface area contributed by atoms with Gasteiger partial charge < -0.3 is 24.8 Å². The van der Waals surface area contributed by atoms with Crippen molar-refractivity contribution in [3.05, 3.63) is 60.3 Å². The smallest absolute Gasteiger partial charge is 0.244 e. The van der Waals surface area contributed by atoms with Crippen molar-refractivity contribution < 1.29 is 14.2 Å². The molecule has 146 valence electrons. The van der Waals surface area contributed by atoms with Crippen LogP contribution in [0.1, 0.15) is 5.56 Å². The number of hydrogen-bond acceptors (Lipinski definition) is 8. The summed E-state index contributed by atoms with van der Waals surface area (Å²) >= 11 is 0. The maximum Gasteiger partial charge on any atom is 0.244 e. The first-order chi connectivity index (χ1) is 13.8. The van der Waals surface area contributed by atoms with Crippen molar-refractivity contribution in [1.29, 1.82) is 0 Å². The highest BCUT2D eigenvalue weighted by molar-refractivity contribution is 5.41. The van der Waals surface area contributed by atoms with Crippen LogP contribution in [0.15, 0.2) is 54.7 Å². The summed E-state index contributed by atoms with van der Waals surface area (Å²) in [6.07, 6.45) is 1.58. The fraction of sp³-hybridized carbons (Fsp3) is 0.250. The number of methoxy groups -OCH3 is 2. The van der Waals surface area contributed by atoms with Gasteiger partial charge in [-0.2, -0.15) is 10.1 Å². The van der Waals surface area contributed by atoms with E-state index in [1.54, 1.807) is 20.4 Å². The third-order valence-electron chi connectivity index (χ3n) is 3.92. The van der Waals surface area contributed by atoms with E-state index >= 15 is 0 Å². The molecule has 0 saturated heterocycles. The van der Waals surface area contributed by atoms with E-state index in [0.29, 0.717) is 31.5 Å². The number of anilines is 2. The predicted molar refractivity (Wildman–Crippen MR) is 107 cm³/mol. The summed E-state index contributed by atoms with van der Waals surface area (Å²) < 4.78 is 16.1. The molecule has 0 bridgehead atoms. The molecular weight excluding hydrogens is 358 g/mol. The molecule has 0 aliphatic carbocycles. The Balaban J connectivity index is 1.46. The molecule has 0 radical (unpaired) electrons. The van der Waals surface area contributed by atoms with Gasteiger partial charge in [-0.3, -0.25) is 0 Å². The highest BCUT2D eigenvalue weighted by atomic mass is 16.5. The molecule has 3 rings (SSSR count). The van der Waals surface area contributed by atoms with Crippen LogP contribution in [-0.2, 0) is 6.54 Å². The molecule has 3 aromatic rings. The lowest BCUT2D eigenvalue weighted by Crippen LogP contribution is -2.14. The molecule has 2 aromatic carbocycles. The van der Waals surface area contributed by atoms with E-state index in [4.69, 9.17) is 14.2 Å². The SMILES string of the molecule is COc1ccc(OCCNc2nncc(NCc3ccccc3OC)n2)cc1. The lowest BCUT2D eigenvalue weighted by Gasteiger charge is -2.11. The standard InChI is InChI=1S/C20H23N5O3/c1-26-16-7-9-17(10-8-16)28-12-11-21-20-24-19(14-23-25-20)22-13-15-5-3-4-6-18(15)27-2/h3-10,14H,11-13H2,1-2H3,(H2,21,22,24,25). The largest absolute Gasteiger partial charge is 0.497 e. The third kappa shape index (κ3) is 5.47. The lowest BCUT2D eigenvalue weighted by atomic mass is 10.2. The Hall–Kier alpha value is -3.55. The van der Waals surface area contributed by atoms with Gasteiger partial charge >= 0.3 is 0 Å². The maximum atomic E-state index is 5.66.